The largest absolute Gasteiger partial charge is 0.493 e. The van der Waals surface area contributed by atoms with Crippen LogP contribution in [-0.4, -0.2) is 13.7 Å². The number of benzene rings is 1. The third-order valence-corrected chi connectivity index (χ3v) is 2.38. The normalized spacial score (nSPS) is 9.56. The SMILES string of the molecule is COc1cc(CCl)ccc1OCCCC#N. The lowest BCUT2D eigenvalue weighted by Crippen LogP contribution is -1.99. The molecule has 0 N–H and O–H groups in total. The molecule has 0 amide bonds. The molecule has 3 nitrogen and oxygen atoms in total. The number of alkyl halides is 1. The van der Waals surface area contributed by atoms with Gasteiger partial charge >= 0.3 is 0 Å². The van der Waals surface area contributed by atoms with Crippen molar-refractivity contribution in [3.05, 3.63) is 23.8 Å². The van der Waals surface area contributed by atoms with Gasteiger partial charge in [-0.1, -0.05) is 6.07 Å². The number of methoxy groups -OCH3 is 1. The second kappa shape index (κ2) is 6.97. The molecule has 0 aliphatic carbocycles. The van der Waals surface area contributed by atoms with Crippen molar-refractivity contribution in [1.82, 2.24) is 0 Å². The van der Waals surface area contributed by atoms with Crippen molar-refractivity contribution in [2.45, 2.75) is 18.7 Å². The number of hydrogen-bond acceptors (Lipinski definition) is 3. The van der Waals surface area contributed by atoms with Crippen molar-refractivity contribution < 1.29 is 9.47 Å². The van der Waals surface area contributed by atoms with E-state index >= 15 is 0 Å². The van der Waals surface area contributed by atoms with E-state index in [4.69, 9.17) is 26.3 Å². The van der Waals surface area contributed by atoms with Crippen molar-refractivity contribution >= 4 is 11.6 Å². The van der Waals surface area contributed by atoms with Gasteiger partial charge in [-0.15, -0.1) is 11.6 Å². The zero-order chi connectivity index (χ0) is 11.8. The first-order valence-corrected chi connectivity index (χ1v) is 5.58. The van der Waals surface area contributed by atoms with Crippen LogP contribution < -0.4 is 9.47 Å². The lowest BCUT2D eigenvalue weighted by molar-refractivity contribution is 0.290. The molecule has 0 heterocycles. The summed E-state index contributed by atoms with van der Waals surface area (Å²) in [5.41, 5.74) is 0.989. The van der Waals surface area contributed by atoms with E-state index in [-0.39, 0.29) is 0 Å². The summed E-state index contributed by atoms with van der Waals surface area (Å²) in [6, 6.07) is 7.66. The Labute approximate surface area is 101 Å². The lowest BCUT2D eigenvalue weighted by atomic mass is 10.2. The van der Waals surface area contributed by atoms with E-state index < -0.39 is 0 Å². The fourth-order valence-electron chi connectivity index (χ4n) is 1.25. The molecule has 0 aliphatic rings. The molecule has 0 radical (unpaired) electrons. The maximum Gasteiger partial charge on any atom is 0.161 e. The maximum atomic E-state index is 8.39. The second-order valence-corrected chi connectivity index (χ2v) is 3.50. The number of nitriles is 1. The third kappa shape index (κ3) is 3.63. The van der Waals surface area contributed by atoms with Crippen LogP contribution in [0.25, 0.3) is 0 Å². The summed E-state index contributed by atoms with van der Waals surface area (Å²) in [6.45, 7) is 0.518. The first-order valence-electron chi connectivity index (χ1n) is 5.04. The van der Waals surface area contributed by atoms with E-state index in [1.54, 1.807) is 7.11 Å². The van der Waals surface area contributed by atoms with Gasteiger partial charge in [-0.3, -0.25) is 0 Å². The van der Waals surface area contributed by atoms with E-state index in [9.17, 15) is 0 Å². The van der Waals surface area contributed by atoms with Gasteiger partial charge in [0.25, 0.3) is 0 Å². The summed E-state index contributed by atoms with van der Waals surface area (Å²) < 4.78 is 10.7. The van der Waals surface area contributed by atoms with Crippen LogP contribution in [0.4, 0.5) is 0 Å². The minimum atomic E-state index is 0.449. The highest BCUT2D eigenvalue weighted by atomic mass is 35.5. The molecule has 1 aromatic carbocycles. The summed E-state index contributed by atoms with van der Waals surface area (Å²) in [5.74, 6) is 1.81. The Kier molecular flexibility index (Phi) is 5.52. The monoisotopic (exact) mass is 239 g/mol. The molecule has 1 rings (SSSR count). The number of rotatable bonds is 6. The Morgan fingerprint density at radius 2 is 2.19 bits per heavy atom. The Hall–Kier alpha value is -1.40. The molecule has 0 aliphatic heterocycles. The first kappa shape index (κ1) is 12.7. The predicted molar refractivity (Wildman–Crippen MR) is 62.9 cm³/mol. The standard InChI is InChI=1S/C12H14ClNO2/c1-15-12-8-10(9-13)4-5-11(12)16-7-3-2-6-14/h4-5,8H,2-3,7,9H2,1H3. The predicted octanol–water partition coefficient (Wildman–Crippen LogP) is 3.12. The van der Waals surface area contributed by atoms with Crippen LogP contribution in [0.15, 0.2) is 18.2 Å². The van der Waals surface area contributed by atoms with Crippen LogP contribution in [0.5, 0.6) is 11.5 Å². The molecule has 0 saturated carbocycles. The van der Waals surface area contributed by atoms with Crippen molar-refractivity contribution in [2.24, 2.45) is 0 Å². The van der Waals surface area contributed by atoms with Gasteiger partial charge in [0.2, 0.25) is 0 Å². The molecule has 0 saturated heterocycles. The number of ether oxygens (including phenoxy) is 2. The van der Waals surface area contributed by atoms with Gasteiger partial charge in [-0.25, -0.2) is 0 Å². The number of hydrogen-bond donors (Lipinski definition) is 0. The van der Waals surface area contributed by atoms with Gasteiger partial charge in [0.15, 0.2) is 11.5 Å². The highest BCUT2D eigenvalue weighted by Crippen LogP contribution is 2.28. The van der Waals surface area contributed by atoms with Crippen LogP contribution in [-0.2, 0) is 5.88 Å². The molecule has 0 unspecified atom stereocenters. The average molecular weight is 240 g/mol. The van der Waals surface area contributed by atoms with Crippen molar-refractivity contribution in [3.8, 4) is 17.6 Å². The average Bonchev–Trinajstić information content (AvgIpc) is 2.34. The maximum absolute atomic E-state index is 8.39. The number of halogens is 1. The Balaban J connectivity index is 2.61. The number of nitrogens with zero attached hydrogens (tertiary/aromatic N) is 1. The molecule has 16 heavy (non-hydrogen) atoms. The first-order chi connectivity index (χ1) is 7.81. The van der Waals surface area contributed by atoms with E-state index in [1.807, 2.05) is 18.2 Å². The molecule has 4 heteroatoms. The third-order valence-electron chi connectivity index (χ3n) is 2.07. The van der Waals surface area contributed by atoms with Gasteiger partial charge < -0.3 is 9.47 Å². The molecular formula is C12H14ClNO2. The molecule has 0 spiro atoms. The molecule has 1 aromatic rings. The minimum absolute atomic E-state index is 0.449. The van der Waals surface area contributed by atoms with Crippen LogP contribution in [0.2, 0.25) is 0 Å². The van der Waals surface area contributed by atoms with Crippen molar-refractivity contribution in [3.63, 3.8) is 0 Å². The van der Waals surface area contributed by atoms with E-state index in [0.717, 1.165) is 12.0 Å². The topological polar surface area (TPSA) is 42.2 Å². The van der Waals surface area contributed by atoms with E-state index in [1.165, 1.54) is 0 Å². The van der Waals surface area contributed by atoms with Gasteiger partial charge in [0.05, 0.1) is 19.8 Å². The fraction of sp³-hybridized carbons (Fsp3) is 0.417. The summed E-state index contributed by atoms with van der Waals surface area (Å²) in [5, 5.41) is 8.39. The zero-order valence-electron chi connectivity index (χ0n) is 9.20. The Morgan fingerprint density at radius 3 is 2.81 bits per heavy atom. The van der Waals surface area contributed by atoms with Gasteiger partial charge in [-0.2, -0.15) is 5.26 Å². The van der Waals surface area contributed by atoms with E-state index in [0.29, 0.717) is 30.4 Å². The molecule has 0 atom stereocenters. The number of unbranched alkanes of at least 4 members (excludes halogenated alkanes) is 1. The minimum Gasteiger partial charge on any atom is -0.493 e. The molecular weight excluding hydrogens is 226 g/mol. The Bertz CT molecular complexity index is 374. The van der Waals surface area contributed by atoms with Crippen molar-refractivity contribution in [1.29, 1.82) is 5.26 Å². The highest BCUT2D eigenvalue weighted by molar-refractivity contribution is 6.17. The smallest absolute Gasteiger partial charge is 0.161 e. The lowest BCUT2D eigenvalue weighted by Gasteiger charge is -2.10. The van der Waals surface area contributed by atoms with E-state index in [2.05, 4.69) is 6.07 Å². The molecule has 0 bridgehead atoms. The van der Waals surface area contributed by atoms with Crippen LogP contribution in [0.3, 0.4) is 0 Å². The summed E-state index contributed by atoms with van der Waals surface area (Å²) in [4.78, 5) is 0. The zero-order valence-corrected chi connectivity index (χ0v) is 9.96. The molecule has 0 fully saturated rings. The quantitative estimate of drug-likeness (QED) is 0.566. The van der Waals surface area contributed by atoms with Gasteiger partial charge in [-0.05, 0) is 24.1 Å². The van der Waals surface area contributed by atoms with Crippen LogP contribution in [0, 0.1) is 11.3 Å². The molecule has 86 valence electrons. The van der Waals surface area contributed by atoms with Gasteiger partial charge in [0.1, 0.15) is 0 Å². The Morgan fingerprint density at radius 1 is 1.38 bits per heavy atom. The van der Waals surface area contributed by atoms with Crippen LogP contribution >= 0.6 is 11.6 Å². The van der Waals surface area contributed by atoms with Crippen molar-refractivity contribution in [2.75, 3.05) is 13.7 Å². The second-order valence-electron chi connectivity index (χ2n) is 3.23. The van der Waals surface area contributed by atoms with Crippen LogP contribution in [0.1, 0.15) is 18.4 Å². The molecule has 0 aromatic heterocycles. The summed E-state index contributed by atoms with van der Waals surface area (Å²) in [6.07, 6.45) is 1.22. The summed E-state index contributed by atoms with van der Waals surface area (Å²) >= 11 is 5.72. The summed E-state index contributed by atoms with van der Waals surface area (Å²) in [7, 11) is 1.59. The van der Waals surface area contributed by atoms with Gasteiger partial charge in [0, 0.05) is 12.3 Å². The highest BCUT2D eigenvalue weighted by Gasteiger charge is 2.04. The fourth-order valence-corrected chi connectivity index (χ4v) is 1.41.